The third-order valence-corrected chi connectivity index (χ3v) is 6.22. The second-order valence-corrected chi connectivity index (χ2v) is 8.52. The number of nitrogens with zero attached hydrogens (tertiary/aromatic N) is 5. The van der Waals surface area contributed by atoms with Gasteiger partial charge in [0.15, 0.2) is 11.8 Å². The molecule has 0 saturated carbocycles. The van der Waals surface area contributed by atoms with Gasteiger partial charge in [-0.1, -0.05) is 18.2 Å². The van der Waals surface area contributed by atoms with Crippen molar-refractivity contribution in [3.8, 4) is 0 Å². The van der Waals surface area contributed by atoms with Gasteiger partial charge in [0.05, 0.1) is 19.6 Å². The molecule has 1 aromatic carbocycles. The Balaban J connectivity index is 1.41. The lowest BCUT2D eigenvalue weighted by Crippen LogP contribution is -2.37. The molecular weight excluding hydrogens is 410 g/mol. The molecule has 0 atom stereocenters. The van der Waals surface area contributed by atoms with Crippen molar-refractivity contribution in [2.75, 3.05) is 11.4 Å². The van der Waals surface area contributed by atoms with Crippen LogP contribution in [0.2, 0.25) is 0 Å². The molecule has 9 heteroatoms. The molecule has 1 fully saturated rings. The first-order valence-electron chi connectivity index (χ1n) is 10.4. The summed E-state index contributed by atoms with van der Waals surface area (Å²) in [5.74, 6) is 2.64. The summed E-state index contributed by atoms with van der Waals surface area (Å²) < 4.78 is 1.96. The Kier molecular flexibility index (Phi) is 6.61. The zero-order valence-electron chi connectivity index (χ0n) is 17.8. The minimum Gasteiger partial charge on any atom is -0.351 e. The summed E-state index contributed by atoms with van der Waals surface area (Å²) in [4.78, 5) is 19.8. The number of rotatable bonds is 7. The molecule has 1 aliphatic rings. The quantitative estimate of drug-likeness (QED) is 0.438. The van der Waals surface area contributed by atoms with Crippen LogP contribution in [0.15, 0.2) is 46.8 Å². The van der Waals surface area contributed by atoms with Crippen molar-refractivity contribution in [3.63, 3.8) is 0 Å². The molecule has 3 heterocycles. The van der Waals surface area contributed by atoms with E-state index in [1.165, 1.54) is 4.88 Å². The summed E-state index contributed by atoms with van der Waals surface area (Å²) in [6.07, 6.45) is 1.57. The molecule has 0 bridgehead atoms. The summed E-state index contributed by atoms with van der Waals surface area (Å²) >= 11 is 1.71. The van der Waals surface area contributed by atoms with Gasteiger partial charge in [0.1, 0.15) is 5.82 Å². The van der Waals surface area contributed by atoms with Gasteiger partial charge in [0, 0.05) is 30.6 Å². The normalized spacial score (nSPS) is 14.3. The van der Waals surface area contributed by atoms with Crippen LogP contribution in [0.3, 0.4) is 0 Å². The Morgan fingerprint density at radius 3 is 2.61 bits per heavy atom. The number of benzene rings is 1. The second kappa shape index (κ2) is 9.74. The van der Waals surface area contributed by atoms with Gasteiger partial charge in [-0.25, -0.2) is 4.99 Å². The average Bonchev–Trinajstić information content (AvgIpc) is 3.52. The molecule has 31 heavy (non-hydrogen) atoms. The van der Waals surface area contributed by atoms with Crippen molar-refractivity contribution < 1.29 is 4.79 Å². The molecule has 0 unspecified atom stereocenters. The summed E-state index contributed by atoms with van der Waals surface area (Å²) in [7, 11) is 1.95. The van der Waals surface area contributed by atoms with Gasteiger partial charge < -0.3 is 20.1 Å². The molecule has 8 nitrogen and oxygen atoms in total. The Morgan fingerprint density at radius 1 is 1.16 bits per heavy atom. The largest absolute Gasteiger partial charge is 0.351 e. The Bertz CT molecular complexity index is 1040. The molecule has 0 aliphatic carbocycles. The molecule has 2 aromatic heterocycles. The Morgan fingerprint density at radius 2 is 1.97 bits per heavy atom. The van der Waals surface area contributed by atoms with E-state index in [2.05, 4.69) is 32.3 Å². The number of aryl methyl sites for hydroxylation is 1. The summed E-state index contributed by atoms with van der Waals surface area (Å²) in [6.45, 7) is 4.51. The number of amides is 1. The topological polar surface area (TPSA) is 87.4 Å². The van der Waals surface area contributed by atoms with E-state index in [1.807, 2.05) is 53.8 Å². The van der Waals surface area contributed by atoms with Crippen LogP contribution >= 0.6 is 11.3 Å². The highest BCUT2D eigenvalue weighted by molar-refractivity contribution is 7.09. The van der Waals surface area contributed by atoms with Crippen LogP contribution in [0.1, 0.15) is 34.9 Å². The van der Waals surface area contributed by atoms with Crippen LogP contribution in [-0.4, -0.2) is 33.2 Å². The van der Waals surface area contributed by atoms with Crippen LogP contribution < -0.4 is 15.5 Å². The maximum Gasteiger partial charge on any atom is 0.227 e. The van der Waals surface area contributed by atoms with Crippen molar-refractivity contribution in [2.45, 2.75) is 39.4 Å². The number of hydrogen-bond donors (Lipinski definition) is 2. The fourth-order valence-corrected chi connectivity index (χ4v) is 4.04. The monoisotopic (exact) mass is 437 g/mol. The van der Waals surface area contributed by atoms with Gasteiger partial charge in [0.2, 0.25) is 5.91 Å². The molecule has 0 spiro atoms. The maximum atomic E-state index is 11.9. The van der Waals surface area contributed by atoms with Gasteiger partial charge >= 0.3 is 0 Å². The van der Waals surface area contributed by atoms with E-state index in [4.69, 9.17) is 4.99 Å². The van der Waals surface area contributed by atoms with Gasteiger partial charge in [-0.2, -0.15) is 0 Å². The predicted molar refractivity (Wildman–Crippen MR) is 123 cm³/mol. The van der Waals surface area contributed by atoms with Crippen molar-refractivity contribution in [1.82, 2.24) is 25.4 Å². The zero-order valence-corrected chi connectivity index (χ0v) is 18.7. The smallest absolute Gasteiger partial charge is 0.227 e. The van der Waals surface area contributed by atoms with Crippen LogP contribution in [0, 0.1) is 6.92 Å². The van der Waals surface area contributed by atoms with Crippen LogP contribution in [0.4, 0.5) is 5.69 Å². The Labute approximate surface area is 186 Å². The molecule has 3 aromatic rings. The lowest BCUT2D eigenvalue weighted by atomic mass is 10.2. The van der Waals surface area contributed by atoms with E-state index in [9.17, 15) is 4.79 Å². The number of aromatic nitrogens is 3. The highest BCUT2D eigenvalue weighted by Gasteiger charge is 2.21. The van der Waals surface area contributed by atoms with Crippen LogP contribution in [0.5, 0.6) is 0 Å². The van der Waals surface area contributed by atoms with Crippen LogP contribution in [-0.2, 0) is 31.5 Å². The van der Waals surface area contributed by atoms with E-state index in [-0.39, 0.29) is 5.91 Å². The molecule has 1 saturated heterocycles. The molecule has 2 N–H and O–H groups in total. The van der Waals surface area contributed by atoms with Gasteiger partial charge in [-0.05, 0) is 42.5 Å². The first kappa shape index (κ1) is 21.0. The highest BCUT2D eigenvalue weighted by atomic mass is 32.1. The summed E-state index contributed by atoms with van der Waals surface area (Å²) in [5, 5.41) is 17.1. The maximum absolute atomic E-state index is 11.9. The fraction of sp³-hybridized carbons (Fsp3) is 0.364. The molecule has 162 valence electrons. The van der Waals surface area contributed by atoms with E-state index in [0.29, 0.717) is 32.0 Å². The fourth-order valence-electron chi connectivity index (χ4n) is 3.40. The third kappa shape index (κ3) is 5.29. The number of guanidine groups is 1. The van der Waals surface area contributed by atoms with Gasteiger partial charge in [-0.3, -0.25) is 4.79 Å². The molecule has 4 rings (SSSR count). The van der Waals surface area contributed by atoms with Crippen LogP contribution in [0.25, 0.3) is 0 Å². The minimum absolute atomic E-state index is 0.203. The zero-order chi connectivity index (χ0) is 21.6. The van der Waals surface area contributed by atoms with Crippen molar-refractivity contribution >= 4 is 28.9 Å². The number of hydrogen-bond acceptors (Lipinski definition) is 5. The van der Waals surface area contributed by atoms with Crippen molar-refractivity contribution in [3.05, 3.63) is 63.9 Å². The predicted octanol–water partition coefficient (Wildman–Crippen LogP) is 2.75. The number of aliphatic imine (C=N–C) groups is 1. The number of carbonyl (C=O) groups excluding carboxylic acids is 1. The summed E-state index contributed by atoms with van der Waals surface area (Å²) in [6, 6.07) is 12.2. The third-order valence-electron chi connectivity index (χ3n) is 5.35. The molecular formula is C22H27N7OS. The lowest BCUT2D eigenvalue weighted by molar-refractivity contribution is -0.117. The highest BCUT2D eigenvalue weighted by Crippen LogP contribution is 2.21. The number of thiophene rings is 1. The first-order valence-corrected chi connectivity index (χ1v) is 11.3. The number of nitrogens with one attached hydrogen (secondary N) is 2. The van der Waals surface area contributed by atoms with Crippen molar-refractivity contribution in [1.29, 1.82) is 0 Å². The van der Waals surface area contributed by atoms with E-state index in [1.54, 1.807) is 11.3 Å². The van der Waals surface area contributed by atoms with Crippen molar-refractivity contribution in [2.24, 2.45) is 12.0 Å². The van der Waals surface area contributed by atoms with E-state index in [0.717, 1.165) is 35.9 Å². The first-order chi connectivity index (χ1) is 15.1. The summed E-state index contributed by atoms with van der Waals surface area (Å²) in [5.41, 5.74) is 2.05. The standard InChI is InChI=1S/C22H27N7OS/c1-16-26-27-20(28(16)2)15-25-22(24-14-19-5-4-12-31-19)23-13-17-7-9-18(10-8-17)29-11-3-6-21(29)30/h4-5,7-10,12H,3,6,11,13-15H2,1-2H3,(H2,23,24,25). The number of anilines is 1. The second-order valence-electron chi connectivity index (χ2n) is 7.49. The Hall–Kier alpha value is -3.20. The van der Waals surface area contributed by atoms with E-state index < -0.39 is 0 Å². The molecule has 1 aliphatic heterocycles. The van der Waals surface area contributed by atoms with E-state index >= 15 is 0 Å². The molecule has 1 amide bonds. The SMILES string of the molecule is Cc1nnc(CNC(=NCc2ccc(N3CCCC3=O)cc2)NCc2cccs2)n1C. The average molecular weight is 438 g/mol. The minimum atomic E-state index is 0.203. The number of carbonyl (C=O) groups is 1. The molecule has 0 radical (unpaired) electrons. The van der Waals surface area contributed by atoms with Gasteiger partial charge in [-0.15, -0.1) is 21.5 Å². The van der Waals surface area contributed by atoms with Gasteiger partial charge in [0.25, 0.3) is 0 Å². The lowest BCUT2D eigenvalue weighted by Gasteiger charge is -2.16.